The zero-order chi connectivity index (χ0) is 10.5. The molecule has 82 valence electrons. The number of hydrogen-bond donors (Lipinski definition) is 1. The number of nitrogens with one attached hydrogen (secondary N) is 1. The van der Waals surface area contributed by atoms with Gasteiger partial charge in [0.05, 0.1) is 13.2 Å². The Bertz CT molecular complexity index is 296. The summed E-state index contributed by atoms with van der Waals surface area (Å²) in [5.41, 5.74) is 1.07. The number of halogens is 1. The van der Waals surface area contributed by atoms with E-state index in [1.54, 1.807) is 12.3 Å². The number of aromatic nitrogens is 1. The number of rotatable bonds is 4. The summed E-state index contributed by atoms with van der Waals surface area (Å²) in [6, 6.07) is 3.74. The van der Waals surface area contributed by atoms with E-state index < -0.39 is 0 Å². The zero-order valence-corrected chi connectivity index (χ0v) is 9.33. The van der Waals surface area contributed by atoms with Crippen molar-refractivity contribution >= 4 is 11.6 Å². The maximum absolute atomic E-state index is 5.69. The first-order chi connectivity index (χ1) is 7.34. The summed E-state index contributed by atoms with van der Waals surface area (Å²) in [6.45, 7) is 3.66. The molecule has 1 aromatic heterocycles. The van der Waals surface area contributed by atoms with Crippen LogP contribution in [0.25, 0.3) is 0 Å². The van der Waals surface area contributed by atoms with Gasteiger partial charge in [0.25, 0.3) is 0 Å². The molecule has 0 saturated carbocycles. The molecule has 1 atom stereocenters. The van der Waals surface area contributed by atoms with Crippen molar-refractivity contribution in [2.45, 2.75) is 13.0 Å². The quantitative estimate of drug-likeness (QED) is 0.796. The van der Waals surface area contributed by atoms with Crippen LogP contribution in [0, 0.1) is 5.92 Å². The number of nitrogens with zero attached hydrogens (tertiary/aromatic N) is 1. The molecular weight excluding hydrogens is 212 g/mol. The molecule has 1 N–H and O–H groups in total. The van der Waals surface area contributed by atoms with E-state index >= 15 is 0 Å². The van der Waals surface area contributed by atoms with Gasteiger partial charge in [-0.25, -0.2) is 4.98 Å². The van der Waals surface area contributed by atoms with Gasteiger partial charge in [-0.2, -0.15) is 0 Å². The Morgan fingerprint density at radius 1 is 1.53 bits per heavy atom. The molecule has 0 aliphatic carbocycles. The summed E-state index contributed by atoms with van der Waals surface area (Å²) < 4.78 is 5.62. The van der Waals surface area contributed by atoms with Gasteiger partial charge in [0.15, 0.2) is 0 Å². The molecule has 0 aromatic carbocycles. The van der Waals surface area contributed by atoms with Crippen molar-refractivity contribution in [3.63, 3.8) is 0 Å². The average Bonchev–Trinajstić information content (AvgIpc) is 2.74. The Morgan fingerprint density at radius 2 is 2.47 bits per heavy atom. The van der Waals surface area contributed by atoms with Gasteiger partial charge in [0.1, 0.15) is 5.15 Å². The molecule has 2 heterocycles. The van der Waals surface area contributed by atoms with Crippen LogP contribution in [0.1, 0.15) is 12.0 Å². The molecule has 1 aromatic rings. The highest BCUT2D eigenvalue weighted by Crippen LogP contribution is 2.10. The van der Waals surface area contributed by atoms with Gasteiger partial charge < -0.3 is 10.1 Å². The van der Waals surface area contributed by atoms with Crippen LogP contribution in [0.4, 0.5) is 0 Å². The molecule has 0 amide bonds. The van der Waals surface area contributed by atoms with Crippen LogP contribution >= 0.6 is 11.6 Å². The minimum atomic E-state index is 0.527. The minimum Gasteiger partial charge on any atom is -0.376 e. The zero-order valence-electron chi connectivity index (χ0n) is 8.58. The molecule has 0 unspecified atom stereocenters. The van der Waals surface area contributed by atoms with Gasteiger partial charge in [-0.1, -0.05) is 17.7 Å². The van der Waals surface area contributed by atoms with E-state index in [1.165, 1.54) is 6.42 Å². The Kier molecular flexibility index (Phi) is 3.94. The van der Waals surface area contributed by atoms with Crippen molar-refractivity contribution < 1.29 is 4.74 Å². The molecule has 2 rings (SSSR count). The summed E-state index contributed by atoms with van der Waals surface area (Å²) >= 11 is 5.69. The first kappa shape index (κ1) is 10.9. The van der Waals surface area contributed by atoms with Crippen molar-refractivity contribution in [1.29, 1.82) is 0 Å². The van der Waals surface area contributed by atoms with Gasteiger partial charge in [0, 0.05) is 12.7 Å². The SMILES string of the molecule is Clc1ccc(COC[C@H]2CCNC2)cn1. The summed E-state index contributed by atoms with van der Waals surface area (Å²) in [6.07, 6.45) is 2.98. The third-order valence-corrected chi connectivity index (χ3v) is 2.80. The topological polar surface area (TPSA) is 34.1 Å². The Balaban J connectivity index is 1.71. The van der Waals surface area contributed by atoms with E-state index in [9.17, 15) is 0 Å². The van der Waals surface area contributed by atoms with E-state index in [0.29, 0.717) is 17.7 Å². The maximum atomic E-state index is 5.69. The van der Waals surface area contributed by atoms with Crippen LogP contribution in [0.3, 0.4) is 0 Å². The molecule has 1 aliphatic heterocycles. The van der Waals surface area contributed by atoms with Crippen molar-refractivity contribution in [2.24, 2.45) is 5.92 Å². The lowest BCUT2D eigenvalue weighted by Gasteiger charge is -2.08. The summed E-state index contributed by atoms with van der Waals surface area (Å²) in [7, 11) is 0. The normalized spacial score (nSPS) is 20.7. The van der Waals surface area contributed by atoms with Gasteiger partial charge in [-0.3, -0.25) is 0 Å². The van der Waals surface area contributed by atoms with Gasteiger partial charge in [0.2, 0.25) is 0 Å². The predicted molar refractivity (Wildman–Crippen MR) is 59.9 cm³/mol. The third kappa shape index (κ3) is 3.45. The molecule has 1 saturated heterocycles. The second kappa shape index (κ2) is 5.45. The monoisotopic (exact) mass is 226 g/mol. The lowest BCUT2D eigenvalue weighted by Crippen LogP contribution is -2.13. The molecule has 1 aliphatic rings. The molecule has 0 bridgehead atoms. The highest BCUT2D eigenvalue weighted by Gasteiger charge is 2.13. The molecule has 0 spiro atoms. The number of hydrogen-bond acceptors (Lipinski definition) is 3. The van der Waals surface area contributed by atoms with Crippen molar-refractivity contribution in [1.82, 2.24) is 10.3 Å². The first-order valence-electron chi connectivity index (χ1n) is 5.23. The van der Waals surface area contributed by atoms with E-state index in [1.807, 2.05) is 6.07 Å². The summed E-state index contributed by atoms with van der Waals surface area (Å²) in [4.78, 5) is 4.00. The van der Waals surface area contributed by atoms with Crippen LogP contribution < -0.4 is 5.32 Å². The smallest absolute Gasteiger partial charge is 0.129 e. The summed E-state index contributed by atoms with van der Waals surface area (Å²) in [5.74, 6) is 0.672. The fourth-order valence-corrected chi connectivity index (χ4v) is 1.80. The van der Waals surface area contributed by atoms with Crippen LogP contribution in [-0.2, 0) is 11.3 Å². The minimum absolute atomic E-state index is 0.527. The molecule has 1 fully saturated rings. The number of pyridine rings is 1. The predicted octanol–water partition coefficient (Wildman–Crippen LogP) is 1.86. The first-order valence-corrected chi connectivity index (χ1v) is 5.61. The van der Waals surface area contributed by atoms with Crippen LogP contribution in [0.5, 0.6) is 0 Å². The third-order valence-electron chi connectivity index (χ3n) is 2.57. The van der Waals surface area contributed by atoms with Crippen LogP contribution in [0.2, 0.25) is 5.15 Å². The molecule has 4 heteroatoms. The average molecular weight is 227 g/mol. The maximum Gasteiger partial charge on any atom is 0.129 e. The van der Waals surface area contributed by atoms with E-state index in [4.69, 9.17) is 16.3 Å². The highest BCUT2D eigenvalue weighted by molar-refractivity contribution is 6.29. The van der Waals surface area contributed by atoms with E-state index in [0.717, 1.165) is 25.3 Å². The Morgan fingerprint density at radius 3 is 3.13 bits per heavy atom. The largest absolute Gasteiger partial charge is 0.376 e. The number of ether oxygens (including phenoxy) is 1. The van der Waals surface area contributed by atoms with Crippen LogP contribution in [-0.4, -0.2) is 24.7 Å². The van der Waals surface area contributed by atoms with Crippen molar-refractivity contribution in [2.75, 3.05) is 19.7 Å². The highest BCUT2D eigenvalue weighted by atomic mass is 35.5. The Labute approximate surface area is 94.8 Å². The molecular formula is C11H15ClN2O. The van der Waals surface area contributed by atoms with Gasteiger partial charge >= 0.3 is 0 Å². The standard InChI is InChI=1S/C11H15ClN2O/c12-11-2-1-9(6-14-11)7-15-8-10-3-4-13-5-10/h1-2,6,10,13H,3-5,7-8H2/t10-/m0/s1. The molecule has 15 heavy (non-hydrogen) atoms. The lowest BCUT2D eigenvalue weighted by molar-refractivity contribution is 0.0923. The van der Waals surface area contributed by atoms with E-state index in [-0.39, 0.29) is 0 Å². The fourth-order valence-electron chi connectivity index (χ4n) is 1.69. The van der Waals surface area contributed by atoms with Crippen molar-refractivity contribution in [3.8, 4) is 0 Å². The van der Waals surface area contributed by atoms with E-state index in [2.05, 4.69) is 10.3 Å². The van der Waals surface area contributed by atoms with Gasteiger partial charge in [-0.05, 0) is 30.5 Å². The van der Waals surface area contributed by atoms with Crippen molar-refractivity contribution in [3.05, 3.63) is 29.0 Å². The lowest BCUT2D eigenvalue weighted by atomic mass is 10.1. The van der Waals surface area contributed by atoms with Crippen LogP contribution in [0.15, 0.2) is 18.3 Å². The second-order valence-corrected chi connectivity index (χ2v) is 4.25. The second-order valence-electron chi connectivity index (χ2n) is 3.86. The molecule has 3 nitrogen and oxygen atoms in total. The van der Waals surface area contributed by atoms with Gasteiger partial charge in [-0.15, -0.1) is 0 Å². The molecule has 0 radical (unpaired) electrons. The summed E-state index contributed by atoms with van der Waals surface area (Å²) in [5, 5.41) is 3.85. The fraction of sp³-hybridized carbons (Fsp3) is 0.545. The Hall–Kier alpha value is -0.640.